The summed E-state index contributed by atoms with van der Waals surface area (Å²) in [5.74, 6) is 1.74. The quantitative estimate of drug-likeness (QED) is 0.730. The molecule has 0 amide bonds. The van der Waals surface area contributed by atoms with Crippen LogP contribution >= 0.6 is 0 Å². The van der Waals surface area contributed by atoms with E-state index in [0.29, 0.717) is 29.1 Å². The Morgan fingerprint density at radius 3 is 2.38 bits per heavy atom. The molecule has 24 heavy (non-hydrogen) atoms. The number of nitrogens with one attached hydrogen (secondary N) is 1. The van der Waals surface area contributed by atoms with Crippen molar-refractivity contribution in [3.05, 3.63) is 24.3 Å². The van der Waals surface area contributed by atoms with Crippen LogP contribution in [0.3, 0.4) is 0 Å². The van der Waals surface area contributed by atoms with E-state index in [4.69, 9.17) is 9.47 Å². The molecule has 5 nitrogen and oxygen atoms in total. The summed E-state index contributed by atoms with van der Waals surface area (Å²) in [5, 5.41) is 0. The van der Waals surface area contributed by atoms with Crippen molar-refractivity contribution in [2.75, 3.05) is 13.7 Å². The monoisotopic (exact) mass is 356 g/mol. The lowest BCUT2D eigenvalue weighted by molar-refractivity contribution is -0.0424. The van der Waals surface area contributed by atoms with Crippen LogP contribution in [0.15, 0.2) is 29.2 Å². The fourth-order valence-corrected chi connectivity index (χ4v) is 4.62. The van der Waals surface area contributed by atoms with Gasteiger partial charge in [0.2, 0.25) is 4.90 Å². The topological polar surface area (TPSA) is 67.8 Å². The molecule has 1 aromatic rings. The second-order valence-corrected chi connectivity index (χ2v) is 8.66. The first-order valence-electron chi connectivity index (χ1n) is 8.63. The van der Waals surface area contributed by atoms with Crippen molar-refractivity contribution in [2.45, 2.75) is 57.1 Å². The fourth-order valence-electron chi connectivity index (χ4n) is 3.37. The second kappa shape index (κ2) is 8.43. The van der Waals surface area contributed by atoms with Crippen molar-refractivity contribution in [3.63, 3.8) is 0 Å². The van der Waals surface area contributed by atoms with Crippen LogP contribution in [0.25, 0.3) is 0 Å². The summed E-state index contributed by atoms with van der Waals surface area (Å²) >= 11 is 0. The molecule has 136 valence electrons. The van der Waals surface area contributed by atoms with E-state index in [-0.39, 0.29) is 12.1 Å². The maximum Gasteiger partial charge on any atom is 0.323 e. The number of hydrogen-bond donors (Lipinski definition) is 2. The molecule has 0 bridgehead atoms. The summed E-state index contributed by atoms with van der Waals surface area (Å²) in [7, 11) is -1.73. The zero-order valence-corrected chi connectivity index (χ0v) is 15.8. The van der Waals surface area contributed by atoms with Crippen molar-refractivity contribution >= 4 is 10.4 Å². The highest BCUT2D eigenvalue weighted by Crippen LogP contribution is 2.31. The lowest BCUT2D eigenvalue weighted by atomic mass is 9.80. The van der Waals surface area contributed by atoms with Gasteiger partial charge in [-0.1, -0.05) is 25.0 Å². The molecule has 0 spiro atoms. The maximum absolute atomic E-state index is 12.5. The van der Waals surface area contributed by atoms with Crippen LogP contribution in [0.4, 0.5) is 0 Å². The number of hydrogen-bond acceptors (Lipinski definition) is 3. The van der Waals surface area contributed by atoms with Crippen molar-refractivity contribution in [3.8, 4) is 5.75 Å². The van der Waals surface area contributed by atoms with Gasteiger partial charge in [0.25, 0.3) is 0 Å². The van der Waals surface area contributed by atoms with Crippen LogP contribution in [0.5, 0.6) is 5.75 Å². The average Bonchev–Trinajstić information content (AvgIpc) is 2.54. The first-order chi connectivity index (χ1) is 11.3. The van der Waals surface area contributed by atoms with Crippen molar-refractivity contribution < 1.29 is 18.2 Å². The number of rotatable bonds is 7. The molecule has 4 atom stereocenters. The zero-order valence-electron chi connectivity index (χ0n) is 15.0. The SMILES string of the molecule is COc1ccc([S+](=O)(O)NC(C)COC2C(C)CCCC2C)cc1. The molecule has 4 unspecified atom stereocenters. The van der Waals surface area contributed by atoms with Gasteiger partial charge in [0, 0.05) is 12.1 Å². The van der Waals surface area contributed by atoms with Gasteiger partial charge in [0.1, 0.15) is 5.75 Å². The molecule has 1 saturated carbocycles. The molecule has 2 N–H and O–H groups in total. The molecule has 1 fully saturated rings. The van der Waals surface area contributed by atoms with Crippen LogP contribution in [0, 0.1) is 11.8 Å². The minimum atomic E-state index is -3.30. The Kier molecular flexibility index (Phi) is 6.80. The Morgan fingerprint density at radius 2 is 1.83 bits per heavy atom. The van der Waals surface area contributed by atoms with Gasteiger partial charge in [-0.15, -0.1) is 0 Å². The van der Waals surface area contributed by atoms with Crippen molar-refractivity contribution in [1.29, 1.82) is 0 Å². The molecule has 0 heterocycles. The van der Waals surface area contributed by atoms with E-state index in [2.05, 4.69) is 18.6 Å². The van der Waals surface area contributed by atoms with Gasteiger partial charge in [0.05, 0.1) is 25.9 Å². The Labute approximate surface area is 146 Å². The Morgan fingerprint density at radius 1 is 1.25 bits per heavy atom. The normalized spacial score (nSPS) is 28.1. The Bertz CT molecular complexity index is 553. The van der Waals surface area contributed by atoms with E-state index in [1.54, 1.807) is 31.4 Å². The van der Waals surface area contributed by atoms with E-state index >= 15 is 0 Å². The third-order valence-corrected chi connectivity index (χ3v) is 6.35. The van der Waals surface area contributed by atoms with E-state index in [1.165, 1.54) is 19.3 Å². The molecule has 1 aliphatic carbocycles. The summed E-state index contributed by atoms with van der Waals surface area (Å²) in [4.78, 5) is 0.342. The summed E-state index contributed by atoms with van der Waals surface area (Å²) in [6.07, 6.45) is 3.88. The van der Waals surface area contributed by atoms with Gasteiger partial charge in [0.15, 0.2) is 0 Å². The Hall–Kier alpha value is -0.950. The molecule has 1 aromatic carbocycles. The first-order valence-corrected chi connectivity index (χ1v) is 10.1. The predicted octanol–water partition coefficient (Wildman–Crippen LogP) is 3.76. The van der Waals surface area contributed by atoms with E-state index < -0.39 is 10.4 Å². The molecule has 0 aliphatic heterocycles. The lowest BCUT2D eigenvalue weighted by Gasteiger charge is -2.35. The Balaban J connectivity index is 1.90. The van der Waals surface area contributed by atoms with Crippen molar-refractivity contribution in [2.24, 2.45) is 11.8 Å². The van der Waals surface area contributed by atoms with Crippen LogP contribution in [0.1, 0.15) is 40.0 Å². The van der Waals surface area contributed by atoms with Crippen LogP contribution in [0.2, 0.25) is 0 Å². The van der Waals surface area contributed by atoms with Gasteiger partial charge in [-0.3, -0.25) is 0 Å². The molecule has 0 radical (unpaired) electrons. The highest BCUT2D eigenvalue weighted by molar-refractivity contribution is 7.95. The summed E-state index contributed by atoms with van der Waals surface area (Å²) in [5.41, 5.74) is 0. The van der Waals surface area contributed by atoms with Crippen molar-refractivity contribution in [1.82, 2.24) is 4.72 Å². The largest absolute Gasteiger partial charge is 0.497 e. The minimum Gasteiger partial charge on any atom is -0.497 e. The summed E-state index contributed by atoms with van der Waals surface area (Å²) in [6.45, 7) is 6.75. The minimum absolute atomic E-state index is 0.217. The molecule has 2 rings (SSSR count). The number of methoxy groups -OCH3 is 1. The van der Waals surface area contributed by atoms with Crippen LogP contribution in [-0.4, -0.2) is 30.4 Å². The van der Waals surface area contributed by atoms with Crippen LogP contribution in [-0.2, 0) is 19.3 Å². The third-order valence-electron chi connectivity index (χ3n) is 4.72. The van der Waals surface area contributed by atoms with E-state index in [1.807, 2.05) is 6.92 Å². The van der Waals surface area contributed by atoms with Crippen LogP contribution < -0.4 is 9.46 Å². The van der Waals surface area contributed by atoms with E-state index in [0.717, 1.165) is 0 Å². The average molecular weight is 357 g/mol. The molecule has 1 aliphatic rings. The predicted molar refractivity (Wildman–Crippen MR) is 96.5 cm³/mol. The zero-order chi connectivity index (χ0) is 17.7. The van der Waals surface area contributed by atoms with E-state index in [9.17, 15) is 8.76 Å². The fraction of sp³-hybridized carbons (Fsp3) is 0.667. The standard InChI is InChI=1S/C18H29NO4S/c1-13-6-5-7-14(2)18(13)23-12-15(3)19-24(20,21)17-10-8-16(22-4)9-11-17/h8-11,13-15,18H,5-7,12H2,1-4H3,(H-,19,20,21)/p+1. The summed E-state index contributed by atoms with van der Waals surface area (Å²) < 4.78 is 36.7. The van der Waals surface area contributed by atoms with Gasteiger partial charge >= 0.3 is 10.4 Å². The molecule has 6 heteroatoms. The highest BCUT2D eigenvalue weighted by Gasteiger charge is 2.33. The third kappa shape index (κ3) is 5.02. The molecule has 0 saturated heterocycles. The summed E-state index contributed by atoms with van der Waals surface area (Å²) in [6, 6.07) is 6.35. The molecular weight excluding hydrogens is 326 g/mol. The molecular formula is C18H30NO4S+. The van der Waals surface area contributed by atoms with Gasteiger partial charge in [-0.2, -0.15) is 4.55 Å². The number of benzene rings is 1. The first kappa shape index (κ1) is 19.4. The lowest BCUT2D eigenvalue weighted by Crippen LogP contribution is -2.42. The maximum atomic E-state index is 12.5. The second-order valence-electron chi connectivity index (χ2n) is 6.90. The molecule has 0 aromatic heterocycles. The van der Waals surface area contributed by atoms with Gasteiger partial charge < -0.3 is 9.47 Å². The smallest absolute Gasteiger partial charge is 0.323 e. The van der Waals surface area contributed by atoms with Gasteiger partial charge in [-0.25, -0.2) is 0 Å². The number of ether oxygens (including phenoxy) is 2. The van der Waals surface area contributed by atoms with Gasteiger partial charge in [-0.05, 0) is 47.9 Å². The highest BCUT2D eigenvalue weighted by atomic mass is 32.3.